The standard InChI is InChI=1S/C34H28BClFN3O4/c1-18-10-27(33-29(11-18)32(41)19(2)34(43-33)40-16-22-4-7-26(37)13-24(22)17-40)20(3)39-31-9-6-25(36)14-28(31)21-5-8-30-23(12-21)15-38-44-35(30)42/h4-15,20,39,42H,16-17H2,1-3H3/t20-/m1/s1. The van der Waals surface area contributed by atoms with Crippen LogP contribution in [0, 0.1) is 19.7 Å². The van der Waals surface area contributed by atoms with Gasteiger partial charge in [-0.15, -0.1) is 5.16 Å². The molecule has 0 spiro atoms. The first-order chi connectivity index (χ1) is 21.2. The third-order valence-corrected chi connectivity index (χ3v) is 8.62. The van der Waals surface area contributed by atoms with E-state index in [0.29, 0.717) is 46.0 Å². The molecular formula is C34H28BClFN3O4. The van der Waals surface area contributed by atoms with E-state index in [1.807, 2.05) is 67.3 Å². The third-order valence-electron chi connectivity index (χ3n) is 8.38. The molecule has 5 aromatic rings. The first kappa shape index (κ1) is 28.2. The van der Waals surface area contributed by atoms with Crippen molar-refractivity contribution < 1.29 is 18.6 Å². The predicted octanol–water partition coefficient (Wildman–Crippen LogP) is 6.61. The molecule has 7 rings (SSSR count). The van der Waals surface area contributed by atoms with Gasteiger partial charge >= 0.3 is 7.12 Å². The van der Waals surface area contributed by atoms with E-state index >= 15 is 0 Å². The van der Waals surface area contributed by atoms with Gasteiger partial charge in [-0.25, -0.2) is 4.39 Å². The fourth-order valence-corrected chi connectivity index (χ4v) is 6.33. The van der Waals surface area contributed by atoms with Crippen LogP contribution in [0.3, 0.4) is 0 Å². The molecule has 4 aromatic carbocycles. The van der Waals surface area contributed by atoms with Crippen LogP contribution in [-0.2, 0) is 17.8 Å². The maximum atomic E-state index is 13.9. The van der Waals surface area contributed by atoms with Gasteiger partial charge in [-0.2, -0.15) is 0 Å². The summed E-state index contributed by atoms with van der Waals surface area (Å²) in [7, 11) is -1.12. The number of nitrogens with zero attached hydrogens (tertiary/aromatic N) is 2. The molecule has 2 aliphatic rings. The first-order valence-electron chi connectivity index (χ1n) is 14.3. The molecule has 10 heteroatoms. The number of oxime groups is 1. The lowest BCUT2D eigenvalue weighted by atomic mass is 9.75. The Bertz CT molecular complexity index is 2060. The number of nitrogens with one attached hydrogen (secondary N) is 1. The highest BCUT2D eigenvalue weighted by Crippen LogP contribution is 2.37. The summed E-state index contributed by atoms with van der Waals surface area (Å²) >= 11 is 6.45. The highest BCUT2D eigenvalue weighted by Gasteiger charge is 2.27. The summed E-state index contributed by atoms with van der Waals surface area (Å²) in [4.78, 5) is 15.7. The van der Waals surface area contributed by atoms with E-state index in [9.17, 15) is 14.2 Å². The van der Waals surface area contributed by atoms with Crippen molar-refractivity contribution in [2.24, 2.45) is 5.16 Å². The Morgan fingerprint density at radius 3 is 2.70 bits per heavy atom. The Labute approximate surface area is 258 Å². The van der Waals surface area contributed by atoms with Gasteiger partial charge in [0, 0.05) is 40.4 Å². The number of aryl methyl sites for hydroxylation is 1. The first-order valence-corrected chi connectivity index (χ1v) is 14.7. The van der Waals surface area contributed by atoms with Crippen LogP contribution in [0.1, 0.15) is 46.3 Å². The predicted molar refractivity (Wildman–Crippen MR) is 173 cm³/mol. The second-order valence-corrected chi connectivity index (χ2v) is 11.9. The Kier molecular flexibility index (Phi) is 6.95. The Morgan fingerprint density at radius 2 is 1.86 bits per heavy atom. The second-order valence-electron chi connectivity index (χ2n) is 11.5. The molecule has 0 unspecified atom stereocenters. The van der Waals surface area contributed by atoms with E-state index in [2.05, 4.69) is 10.5 Å². The fourth-order valence-electron chi connectivity index (χ4n) is 6.16. The van der Waals surface area contributed by atoms with Crippen LogP contribution < -0.4 is 21.1 Å². The Morgan fingerprint density at radius 1 is 1.05 bits per heavy atom. The number of fused-ring (bicyclic) bond motifs is 3. The minimum Gasteiger partial charge on any atom is -0.440 e. The van der Waals surface area contributed by atoms with Crippen LogP contribution >= 0.6 is 11.6 Å². The maximum absolute atomic E-state index is 13.9. The molecule has 0 aliphatic carbocycles. The van der Waals surface area contributed by atoms with Crippen molar-refractivity contribution in [3.8, 4) is 11.1 Å². The zero-order valence-electron chi connectivity index (χ0n) is 24.3. The topological polar surface area (TPSA) is 87.3 Å². The van der Waals surface area contributed by atoms with Gasteiger partial charge in [-0.3, -0.25) is 4.79 Å². The van der Waals surface area contributed by atoms with E-state index in [-0.39, 0.29) is 17.3 Å². The number of rotatable bonds is 5. The molecular weight excluding hydrogens is 580 g/mol. The average Bonchev–Trinajstić information content (AvgIpc) is 3.42. The summed E-state index contributed by atoms with van der Waals surface area (Å²) < 4.78 is 25.5. The lowest BCUT2D eigenvalue weighted by Gasteiger charge is -2.23. The van der Waals surface area contributed by atoms with E-state index in [1.165, 1.54) is 6.07 Å². The summed E-state index contributed by atoms with van der Waals surface area (Å²) in [6.07, 6.45) is 1.57. The summed E-state index contributed by atoms with van der Waals surface area (Å²) in [5.41, 5.74) is 8.57. The van der Waals surface area contributed by atoms with Crippen molar-refractivity contribution in [2.75, 3.05) is 10.2 Å². The van der Waals surface area contributed by atoms with Crippen LogP contribution in [0.5, 0.6) is 0 Å². The molecule has 0 radical (unpaired) electrons. The fraction of sp³-hybridized carbons (Fsp3) is 0.176. The van der Waals surface area contributed by atoms with E-state index in [0.717, 1.165) is 44.6 Å². The van der Waals surface area contributed by atoms with E-state index in [1.54, 1.807) is 25.3 Å². The molecule has 1 aromatic heterocycles. The van der Waals surface area contributed by atoms with Crippen LogP contribution in [-0.4, -0.2) is 18.4 Å². The van der Waals surface area contributed by atoms with Gasteiger partial charge in [-0.05, 0) is 91.1 Å². The second kappa shape index (κ2) is 10.8. The number of benzene rings is 4. The molecule has 0 bridgehead atoms. The van der Waals surface area contributed by atoms with Gasteiger partial charge in [0.25, 0.3) is 0 Å². The molecule has 1 atom stereocenters. The largest absolute Gasteiger partial charge is 0.583 e. The van der Waals surface area contributed by atoms with Crippen LogP contribution in [0.4, 0.5) is 16.0 Å². The molecule has 0 fully saturated rings. The van der Waals surface area contributed by atoms with Crippen molar-refractivity contribution in [1.29, 1.82) is 0 Å². The summed E-state index contributed by atoms with van der Waals surface area (Å²) in [6, 6.07) is 19.7. The molecule has 3 heterocycles. The normalized spacial score (nSPS) is 14.4. The van der Waals surface area contributed by atoms with E-state index in [4.69, 9.17) is 20.8 Å². The number of hydrogen-bond donors (Lipinski definition) is 2. The third kappa shape index (κ3) is 4.92. The molecule has 44 heavy (non-hydrogen) atoms. The number of anilines is 2. The zero-order valence-corrected chi connectivity index (χ0v) is 25.1. The smallest absolute Gasteiger partial charge is 0.440 e. The molecule has 0 saturated heterocycles. The minimum atomic E-state index is -1.12. The summed E-state index contributed by atoms with van der Waals surface area (Å²) in [6.45, 7) is 6.75. The van der Waals surface area contributed by atoms with Crippen LogP contribution in [0.25, 0.3) is 22.1 Å². The van der Waals surface area contributed by atoms with Gasteiger partial charge < -0.3 is 24.4 Å². The zero-order chi connectivity index (χ0) is 30.7. The average molecular weight is 608 g/mol. The molecule has 2 aliphatic heterocycles. The molecule has 220 valence electrons. The van der Waals surface area contributed by atoms with Crippen molar-refractivity contribution in [1.82, 2.24) is 0 Å². The minimum absolute atomic E-state index is 0.0883. The number of halogens is 2. The summed E-state index contributed by atoms with van der Waals surface area (Å²) in [5.74, 6) is 0.210. The summed E-state index contributed by atoms with van der Waals surface area (Å²) in [5, 5.41) is 18.6. The van der Waals surface area contributed by atoms with Crippen molar-refractivity contribution in [3.05, 3.63) is 121 Å². The lowest BCUT2D eigenvalue weighted by Crippen LogP contribution is -2.37. The quantitative estimate of drug-likeness (QED) is 0.219. The molecule has 0 amide bonds. The lowest BCUT2D eigenvalue weighted by molar-refractivity contribution is 0.286. The molecule has 0 saturated carbocycles. The Balaban J connectivity index is 1.28. The maximum Gasteiger partial charge on any atom is 0.583 e. The van der Waals surface area contributed by atoms with Crippen molar-refractivity contribution in [3.63, 3.8) is 0 Å². The number of hydrogen-bond acceptors (Lipinski definition) is 7. The van der Waals surface area contributed by atoms with Crippen molar-refractivity contribution in [2.45, 2.75) is 39.9 Å². The van der Waals surface area contributed by atoms with Gasteiger partial charge in [0.15, 0.2) is 5.43 Å². The monoisotopic (exact) mass is 607 g/mol. The molecule has 2 N–H and O–H groups in total. The molecule has 7 nitrogen and oxygen atoms in total. The van der Waals surface area contributed by atoms with Crippen LogP contribution in [0.2, 0.25) is 5.02 Å². The highest BCUT2D eigenvalue weighted by molar-refractivity contribution is 6.62. The Hall–Kier alpha value is -4.60. The van der Waals surface area contributed by atoms with Gasteiger partial charge in [-0.1, -0.05) is 35.9 Å². The van der Waals surface area contributed by atoms with Gasteiger partial charge in [0.05, 0.1) is 23.2 Å². The van der Waals surface area contributed by atoms with E-state index < -0.39 is 7.12 Å². The van der Waals surface area contributed by atoms with Gasteiger partial charge in [0.1, 0.15) is 11.4 Å². The highest BCUT2D eigenvalue weighted by atomic mass is 35.5. The SMILES string of the molecule is Cc1cc([C@@H](C)Nc2ccc(Cl)cc2-c2ccc3c(c2)C=NOB3O)c2oc(N3Cc4ccc(F)cc4C3)c(C)c(=O)c2c1. The van der Waals surface area contributed by atoms with Gasteiger partial charge in [0.2, 0.25) is 5.88 Å². The van der Waals surface area contributed by atoms with Crippen LogP contribution in [0.15, 0.2) is 81.1 Å². The van der Waals surface area contributed by atoms with Crippen molar-refractivity contribution >= 4 is 52.9 Å².